The van der Waals surface area contributed by atoms with Crippen LogP contribution in [0.4, 0.5) is 0 Å². The molecule has 0 spiro atoms. The number of rotatable bonds is 7. The van der Waals surface area contributed by atoms with Gasteiger partial charge in [0.1, 0.15) is 0 Å². The zero-order valence-corrected chi connectivity index (χ0v) is 19.1. The van der Waals surface area contributed by atoms with Gasteiger partial charge in [0.25, 0.3) is 5.91 Å². The van der Waals surface area contributed by atoms with Crippen LogP contribution in [0, 0.1) is 0 Å². The molecule has 2 aliphatic rings. The maximum atomic E-state index is 12.8. The second kappa shape index (κ2) is 10.2. The number of carbonyl (C=O) groups excluding carboxylic acids is 1. The number of benzene rings is 3. The third-order valence-electron chi connectivity index (χ3n) is 7.15. The zero-order valence-electron chi connectivity index (χ0n) is 19.1. The second-order valence-corrected chi connectivity index (χ2v) is 9.20. The van der Waals surface area contributed by atoms with Gasteiger partial charge in [-0.1, -0.05) is 91.0 Å². The molecule has 3 nitrogen and oxygen atoms in total. The maximum Gasteiger partial charge on any atom is 0.254 e. The van der Waals surface area contributed by atoms with Gasteiger partial charge in [0.05, 0.1) is 0 Å². The summed E-state index contributed by atoms with van der Waals surface area (Å²) in [7, 11) is 0. The quantitative estimate of drug-likeness (QED) is 0.432. The van der Waals surface area contributed by atoms with E-state index in [1.165, 1.54) is 16.7 Å². The van der Waals surface area contributed by atoms with Crippen molar-refractivity contribution < 1.29 is 4.79 Å². The molecule has 2 heterocycles. The number of allylic oxidation sites excluding steroid dienone is 1. The Morgan fingerprint density at radius 1 is 0.788 bits per heavy atom. The summed E-state index contributed by atoms with van der Waals surface area (Å²) in [6, 6.07) is 30.0. The van der Waals surface area contributed by atoms with Crippen LogP contribution >= 0.6 is 0 Å². The summed E-state index contributed by atoms with van der Waals surface area (Å²) in [4.78, 5) is 17.4. The van der Waals surface area contributed by atoms with E-state index >= 15 is 0 Å². The number of piperidine rings is 1. The Balaban J connectivity index is 1.13. The van der Waals surface area contributed by atoms with Crippen LogP contribution in [-0.4, -0.2) is 41.4 Å². The summed E-state index contributed by atoms with van der Waals surface area (Å²) in [5.74, 6) is 0.606. The first kappa shape index (κ1) is 21.7. The Morgan fingerprint density at radius 3 is 2.03 bits per heavy atom. The van der Waals surface area contributed by atoms with E-state index in [4.69, 9.17) is 0 Å². The van der Waals surface area contributed by atoms with Gasteiger partial charge in [-0.3, -0.25) is 9.69 Å². The first-order valence-electron chi connectivity index (χ1n) is 12.2. The van der Waals surface area contributed by atoms with Crippen molar-refractivity contribution in [2.75, 3.05) is 19.6 Å². The lowest BCUT2D eigenvalue weighted by Crippen LogP contribution is -2.45. The van der Waals surface area contributed by atoms with Crippen LogP contribution in [0.25, 0.3) is 0 Å². The smallest absolute Gasteiger partial charge is 0.254 e. The molecule has 0 aliphatic carbocycles. The molecule has 0 bridgehead atoms. The highest BCUT2D eigenvalue weighted by molar-refractivity contribution is 5.98. The molecule has 0 radical (unpaired) electrons. The van der Waals surface area contributed by atoms with Gasteiger partial charge in [-0.2, -0.15) is 0 Å². The zero-order chi connectivity index (χ0) is 22.5. The highest BCUT2D eigenvalue weighted by Crippen LogP contribution is 2.29. The summed E-state index contributed by atoms with van der Waals surface area (Å²) >= 11 is 0. The number of amides is 1. The van der Waals surface area contributed by atoms with E-state index in [9.17, 15) is 4.79 Å². The topological polar surface area (TPSA) is 23.6 Å². The number of hydrogen-bond acceptors (Lipinski definition) is 2. The molecule has 0 saturated carbocycles. The Hall–Kier alpha value is -3.17. The van der Waals surface area contributed by atoms with Crippen LogP contribution in [0.1, 0.15) is 52.2 Å². The highest BCUT2D eigenvalue weighted by Gasteiger charge is 2.33. The molecule has 3 aromatic rings. The molecule has 0 atom stereocenters. The predicted molar refractivity (Wildman–Crippen MR) is 134 cm³/mol. The van der Waals surface area contributed by atoms with Crippen LogP contribution in [0.15, 0.2) is 97.1 Å². The van der Waals surface area contributed by atoms with Crippen molar-refractivity contribution in [3.63, 3.8) is 0 Å². The first-order chi connectivity index (χ1) is 16.3. The monoisotopic (exact) mass is 436 g/mol. The molecular weight excluding hydrogens is 404 g/mol. The van der Waals surface area contributed by atoms with E-state index in [1.54, 1.807) is 0 Å². The van der Waals surface area contributed by atoms with Gasteiger partial charge in [-0.15, -0.1) is 0 Å². The Bertz CT molecular complexity index is 1050. The predicted octanol–water partition coefficient (Wildman–Crippen LogP) is 5.89. The average molecular weight is 437 g/mol. The molecule has 2 aliphatic heterocycles. The third-order valence-corrected chi connectivity index (χ3v) is 7.15. The fourth-order valence-electron chi connectivity index (χ4n) is 5.28. The first-order valence-corrected chi connectivity index (χ1v) is 12.2. The van der Waals surface area contributed by atoms with Crippen LogP contribution in [0.3, 0.4) is 0 Å². The van der Waals surface area contributed by atoms with E-state index in [0.29, 0.717) is 12.0 Å². The van der Waals surface area contributed by atoms with E-state index < -0.39 is 0 Å². The Labute approximate surface area is 197 Å². The van der Waals surface area contributed by atoms with Gasteiger partial charge in [-0.05, 0) is 42.0 Å². The number of hydrogen-bond donors (Lipinski definition) is 0. The van der Waals surface area contributed by atoms with Crippen molar-refractivity contribution in [3.8, 4) is 0 Å². The maximum absolute atomic E-state index is 12.8. The van der Waals surface area contributed by atoms with E-state index in [0.717, 1.165) is 51.0 Å². The molecule has 168 valence electrons. The van der Waals surface area contributed by atoms with Gasteiger partial charge in [-0.25, -0.2) is 0 Å². The third kappa shape index (κ3) is 4.94. The standard InChI is InChI=1S/C30H32N2O/c33-30-29-17-8-7-15-26(29)23-32(30)27-18-21-31(22-19-27)20-10-9-16-28(24-11-3-1-4-12-24)25-13-5-2-6-14-25/h1-15,17,27-28H,16,18-23H2/b10-9+. The van der Waals surface area contributed by atoms with Gasteiger partial charge in [0.15, 0.2) is 0 Å². The van der Waals surface area contributed by atoms with E-state index in [1.807, 2.05) is 18.2 Å². The number of fused-ring (bicyclic) bond motifs is 1. The minimum Gasteiger partial charge on any atom is -0.331 e. The molecule has 5 rings (SSSR count). The van der Waals surface area contributed by atoms with Crippen molar-refractivity contribution in [3.05, 3.63) is 119 Å². The Kier molecular flexibility index (Phi) is 6.68. The molecule has 33 heavy (non-hydrogen) atoms. The molecule has 0 unspecified atom stereocenters. The van der Waals surface area contributed by atoms with Gasteiger partial charge in [0.2, 0.25) is 0 Å². The van der Waals surface area contributed by atoms with Gasteiger partial charge in [0, 0.05) is 43.7 Å². The van der Waals surface area contributed by atoms with Crippen LogP contribution in [0.5, 0.6) is 0 Å². The Morgan fingerprint density at radius 2 is 1.39 bits per heavy atom. The van der Waals surface area contributed by atoms with Crippen molar-refractivity contribution in [1.29, 1.82) is 0 Å². The SMILES string of the molecule is O=C1c2ccccc2CN1C1CCN(C/C=C/CC(c2ccccc2)c2ccccc2)CC1. The highest BCUT2D eigenvalue weighted by atomic mass is 16.2. The lowest BCUT2D eigenvalue weighted by atomic mass is 9.88. The summed E-state index contributed by atoms with van der Waals surface area (Å²) in [5.41, 5.74) is 4.81. The van der Waals surface area contributed by atoms with Crippen molar-refractivity contribution >= 4 is 5.91 Å². The second-order valence-electron chi connectivity index (χ2n) is 9.20. The minimum atomic E-state index is 0.219. The van der Waals surface area contributed by atoms with Crippen molar-refractivity contribution in [2.45, 2.75) is 37.8 Å². The molecule has 0 N–H and O–H groups in total. The van der Waals surface area contributed by atoms with Crippen LogP contribution in [0.2, 0.25) is 0 Å². The molecule has 0 aromatic heterocycles. The summed E-state index contributed by atoms with van der Waals surface area (Å²) < 4.78 is 0. The largest absolute Gasteiger partial charge is 0.331 e. The van der Waals surface area contributed by atoms with Gasteiger partial charge < -0.3 is 4.90 Å². The molecule has 3 heteroatoms. The molecular formula is C30H32N2O. The molecule has 1 fully saturated rings. The fourth-order valence-corrected chi connectivity index (χ4v) is 5.28. The molecule has 1 amide bonds. The van der Waals surface area contributed by atoms with Crippen LogP contribution < -0.4 is 0 Å². The van der Waals surface area contributed by atoms with Gasteiger partial charge >= 0.3 is 0 Å². The lowest BCUT2D eigenvalue weighted by Gasteiger charge is -2.36. The van der Waals surface area contributed by atoms with Crippen LogP contribution in [-0.2, 0) is 6.54 Å². The molecule has 1 saturated heterocycles. The van der Waals surface area contributed by atoms with E-state index in [2.05, 4.69) is 88.7 Å². The number of nitrogens with zero attached hydrogens (tertiary/aromatic N) is 2. The summed E-state index contributed by atoms with van der Waals surface area (Å²) in [5, 5.41) is 0. The lowest BCUT2D eigenvalue weighted by molar-refractivity contribution is 0.0607. The number of likely N-dealkylation sites (tertiary alicyclic amines) is 1. The van der Waals surface area contributed by atoms with Crippen molar-refractivity contribution in [2.24, 2.45) is 0 Å². The molecule has 3 aromatic carbocycles. The van der Waals surface area contributed by atoms with Crippen molar-refractivity contribution in [1.82, 2.24) is 9.80 Å². The summed E-state index contributed by atoms with van der Waals surface area (Å²) in [6.45, 7) is 3.86. The fraction of sp³-hybridized carbons (Fsp3) is 0.300. The average Bonchev–Trinajstić information content (AvgIpc) is 3.22. The minimum absolute atomic E-state index is 0.219. The number of carbonyl (C=O) groups is 1. The van der Waals surface area contributed by atoms with E-state index in [-0.39, 0.29) is 5.91 Å². The normalized spacial score (nSPS) is 17.2. The summed E-state index contributed by atoms with van der Waals surface area (Å²) in [6.07, 6.45) is 7.80.